The Labute approximate surface area is 843 Å². The lowest BCUT2D eigenvalue weighted by Gasteiger charge is -2.51. The molecule has 3 saturated carbocycles. The quantitative estimate of drug-likeness (QED) is 0.0315. The summed E-state index contributed by atoms with van der Waals surface area (Å²) in [5, 5.41) is 166. The first-order chi connectivity index (χ1) is 68.9. The molecule has 16 aromatic rings. The van der Waals surface area contributed by atoms with Gasteiger partial charge < -0.3 is 86.8 Å². The van der Waals surface area contributed by atoms with Gasteiger partial charge in [0.1, 0.15) is 97.7 Å². The van der Waals surface area contributed by atoms with Crippen molar-refractivity contribution in [3.63, 3.8) is 0 Å². The summed E-state index contributed by atoms with van der Waals surface area (Å²) in [5.74, 6) is 4.31. The SMILES string of the molecule is CC(C)(C1CCC(c2ccc(O)cc2)(c2ccc(O)cc2)CC1)C1CCC(c2ccc(O)cc2)(c2ccc(O)cc2)CC1.CC(C)(c1ccc(O)cc1)c1ccc(C(C)(c2ccc(O)cc2)c2ccc(O)cc2)cc1.CC(c1ccc(O)cc1)(c1ccc(O)cc1)c1ccc(O)cc1.Cc1cc(Cc2ccc(O)cc2O)c(O)c(Cc2ccc(O)cc2O)c1.Oc1ccc(C2(c3ccc(O)cc3)CCCCC2)cc1. The minimum atomic E-state index is -0.477. The van der Waals surface area contributed by atoms with Gasteiger partial charge >= 0.3 is 0 Å². The van der Waals surface area contributed by atoms with Crippen LogP contribution in [0.2, 0.25) is 0 Å². The molecule has 3 fully saturated rings. The van der Waals surface area contributed by atoms with Gasteiger partial charge in [0.2, 0.25) is 0 Å². The van der Waals surface area contributed by atoms with E-state index < -0.39 is 10.8 Å². The van der Waals surface area contributed by atoms with Gasteiger partial charge in [-0.05, 0) is 360 Å². The molecule has 0 aromatic heterocycles. The topological polar surface area (TPSA) is 344 Å². The van der Waals surface area contributed by atoms with Gasteiger partial charge in [-0.3, -0.25) is 0 Å². The van der Waals surface area contributed by atoms with Gasteiger partial charge in [-0.25, -0.2) is 0 Å². The Morgan fingerprint density at radius 2 is 0.396 bits per heavy atom. The zero-order valence-corrected chi connectivity index (χ0v) is 82.5. The smallest absolute Gasteiger partial charge is 0.122 e. The van der Waals surface area contributed by atoms with Crippen LogP contribution < -0.4 is 0 Å². The van der Waals surface area contributed by atoms with Crippen LogP contribution in [0.4, 0.5) is 0 Å². The van der Waals surface area contributed by atoms with Crippen LogP contribution in [0.25, 0.3) is 0 Å². The predicted octanol–water partition coefficient (Wildman–Crippen LogP) is 27.9. The van der Waals surface area contributed by atoms with Crippen LogP contribution in [0.5, 0.6) is 97.7 Å². The average Bonchev–Trinajstić information content (AvgIpc) is 0.739. The van der Waals surface area contributed by atoms with Crippen LogP contribution in [0.3, 0.4) is 0 Å². The Bertz CT molecular complexity index is 6440. The normalized spacial score (nSPS) is 14.6. The number of aromatic hydroxyl groups is 17. The molecule has 17 nitrogen and oxygen atoms in total. The Morgan fingerprint density at radius 3 is 0.618 bits per heavy atom. The van der Waals surface area contributed by atoms with Crippen molar-refractivity contribution in [1.29, 1.82) is 0 Å². The molecule has 0 aliphatic heterocycles. The minimum absolute atomic E-state index is 0.0248. The number of phenols is 17. The highest BCUT2D eigenvalue weighted by atomic mass is 16.3. The number of phenolic OH excluding ortho intramolecular Hbond substituents is 17. The molecule has 0 atom stereocenters. The third-order valence-electron chi connectivity index (χ3n) is 31.3. The summed E-state index contributed by atoms with van der Waals surface area (Å²) in [7, 11) is 0. The second kappa shape index (κ2) is 43.7. The Kier molecular flexibility index (Phi) is 31.1. The molecule has 3 aliphatic rings. The fraction of sp³-hybridized carbons (Fsp3) is 0.244. The zero-order chi connectivity index (χ0) is 102. The third-order valence-corrected chi connectivity index (χ3v) is 31.3. The predicted molar refractivity (Wildman–Crippen MR) is 568 cm³/mol. The van der Waals surface area contributed by atoms with E-state index in [2.05, 4.69) is 114 Å². The summed E-state index contributed by atoms with van der Waals surface area (Å²) < 4.78 is 0. The van der Waals surface area contributed by atoms with Gasteiger partial charge in [0.05, 0.1) is 0 Å². The summed E-state index contributed by atoms with van der Waals surface area (Å²) in [6, 6.07) is 110. The van der Waals surface area contributed by atoms with E-state index in [4.69, 9.17) is 0 Å². The largest absolute Gasteiger partial charge is 0.508 e. The molecule has 16 aromatic carbocycles. The van der Waals surface area contributed by atoms with Gasteiger partial charge in [0.15, 0.2) is 0 Å². The molecule has 3 aliphatic carbocycles. The van der Waals surface area contributed by atoms with E-state index in [0.717, 1.165) is 109 Å². The highest BCUT2D eigenvalue weighted by molar-refractivity contribution is 5.58. The van der Waals surface area contributed by atoms with Crippen molar-refractivity contribution in [3.05, 3.63) is 470 Å². The molecule has 19 rings (SSSR count). The molecule has 0 heterocycles. The van der Waals surface area contributed by atoms with Gasteiger partial charge in [-0.2, -0.15) is 0 Å². The maximum absolute atomic E-state index is 10.7. The van der Waals surface area contributed by atoms with Crippen molar-refractivity contribution in [2.24, 2.45) is 17.3 Å². The van der Waals surface area contributed by atoms with Crippen molar-refractivity contribution in [2.45, 2.75) is 177 Å². The van der Waals surface area contributed by atoms with Crippen LogP contribution in [0, 0.1) is 24.2 Å². The van der Waals surface area contributed by atoms with Crippen LogP contribution in [0.15, 0.2) is 364 Å². The first-order valence-electron chi connectivity index (χ1n) is 49.4. The van der Waals surface area contributed by atoms with E-state index >= 15 is 0 Å². The first-order valence-corrected chi connectivity index (χ1v) is 49.4. The fourth-order valence-electron chi connectivity index (χ4n) is 22.4. The van der Waals surface area contributed by atoms with Gasteiger partial charge in [0, 0.05) is 57.5 Å². The molecular weight excluding hydrogens is 1800 g/mol. The van der Waals surface area contributed by atoms with E-state index in [1.165, 1.54) is 82.5 Å². The fourth-order valence-corrected chi connectivity index (χ4v) is 22.4. The van der Waals surface area contributed by atoms with Gasteiger partial charge in [0.25, 0.3) is 0 Å². The summed E-state index contributed by atoms with van der Waals surface area (Å²) in [6.45, 7) is 15.5. The zero-order valence-electron chi connectivity index (χ0n) is 82.5. The summed E-state index contributed by atoms with van der Waals surface area (Å²) >= 11 is 0. The van der Waals surface area contributed by atoms with E-state index in [1.54, 1.807) is 158 Å². The number of rotatable bonds is 20. The first kappa shape index (κ1) is 103. The molecule has 17 heteroatoms. The molecule has 0 spiro atoms. The number of aryl methyl sites for hydroxylation is 1. The molecule has 0 radical (unpaired) electrons. The second-order valence-electron chi connectivity index (χ2n) is 40.6. The standard InChI is InChI=1S/C39H44O4.C29H28O3.C21H20O5.C20H18O3.C18H20O2/c1-37(2,27-19-23-38(24-20-27,29-3-11-33(40)12-4-29)30-5-13-34(41)14-6-30)28-21-25-39(26-22-28,31-7-15-35(42)16-8-31)32-9-17-36(43)18-10-32;1-28(2,21-8-14-25(30)15-9-21)20-4-6-22(7-5-20)29(3,23-10-16-26(31)17-11-23)24-12-18-27(32)19-13-24;1-12-6-15(8-13-2-4-17(22)10-19(13)24)21(26)16(7-12)9-14-3-5-18(23)11-20(14)25;1-20(14-2-8-17(21)9-3-14,15-4-10-18(22)11-5-15)16-6-12-19(23)13-7-16;19-16-8-4-14(5-9-16)18(12-2-1-3-13-18)15-6-10-17(20)11-7-15/h3-18,27-28,40-43H,19-26H2,1-2H3;4-19,30-32H,1-3H3;2-7,10-11,22-26H,8-9H2,1H3;2-13,21-23H,1H3;4-11,19-20H,1-3,12-13H2. The summed E-state index contributed by atoms with van der Waals surface area (Å²) in [4.78, 5) is 0. The maximum Gasteiger partial charge on any atom is 0.122 e. The second-order valence-corrected chi connectivity index (χ2v) is 40.6. The van der Waals surface area contributed by atoms with Crippen molar-refractivity contribution < 1.29 is 86.8 Å². The molecule has 0 bridgehead atoms. The Morgan fingerprint density at radius 1 is 0.208 bits per heavy atom. The molecule has 0 amide bonds. The van der Waals surface area contributed by atoms with E-state index in [9.17, 15) is 86.8 Å². The highest BCUT2D eigenvalue weighted by Crippen LogP contribution is 2.59. The monoisotopic (exact) mass is 1930 g/mol. The van der Waals surface area contributed by atoms with E-state index in [0.29, 0.717) is 58.4 Å². The number of hydrogen-bond donors (Lipinski definition) is 17. The molecular formula is C127H130O17. The lowest BCUT2D eigenvalue weighted by Crippen LogP contribution is -2.43. The average molecular weight is 1930 g/mol. The van der Waals surface area contributed by atoms with Gasteiger partial charge in [-0.15, -0.1) is 0 Å². The molecule has 740 valence electrons. The van der Waals surface area contributed by atoms with Crippen molar-refractivity contribution in [2.75, 3.05) is 0 Å². The summed E-state index contributed by atoms with van der Waals surface area (Å²) in [5.41, 5.74) is 18.2. The third kappa shape index (κ3) is 22.8. The van der Waals surface area contributed by atoms with Gasteiger partial charge in [-0.1, -0.05) is 247 Å². The molecule has 0 unspecified atom stereocenters. The molecule has 144 heavy (non-hydrogen) atoms. The number of benzene rings is 16. The summed E-state index contributed by atoms with van der Waals surface area (Å²) in [6.07, 6.45) is 15.3. The highest BCUT2D eigenvalue weighted by Gasteiger charge is 2.49. The van der Waals surface area contributed by atoms with Crippen LogP contribution in [0.1, 0.15) is 231 Å². The Balaban J connectivity index is 0.000000139. The van der Waals surface area contributed by atoms with Crippen molar-refractivity contribution in [1.82, 2.24) is 0 Å². The maximum atomic E-state index is 10.7. The van der Waals surface area contributed by atoms with E-state index in [1.807, 2.05) is 116 Å². The van der Waals surface area contributed by atoms with Crippen molar-refractivity contribution in [3.8, 4) is 97.7 Å². The van der Waals surface area contributed by atoms with Crippen LogP contribution in [-0.4, -0.2) is 86.8 Å². The minimum Gasteiger partial charge on any atom is -0.508 e. The van der Waals surface area contributed by atoms with Crippen molar-refractivity contribution >= 4 is 0 Å². The number of hydrogen-bond acceptors (Lipinski definition) is 17. The van der Waals surface area contributed by atoms with Crippen LogP contribution >= 0.6 is 0 Å². The van der Waals surface area contributed by atoms with E-state index in [-0.39, 0.29) is 113 Å². The lowest BCUT2D eigenvalue weighted by atomic mass is 9.53. The van der Waals surface area contributed by atoms with Crippen LogP contribution in [-0.2, 0) is 45.3 Å². The Hall–Kier alpha value is -15.9. The molecule has 17 N–H and O–H groups in total. The lowest BCUT2D eigenvalue weighted by molar-refractivity contribution is 0.0364. The molecule has 0 saturated heterocycles.